The molecule has 3 rings (SSSR count). The fourth-order valence-electron chi connectivity index (χ4n) is 3.19. The number of halogens is 1. The molecule has 0 aliphatic carbocycles. The van der Waals surface area contributed by atoms with Gasteiger partial charge in [0.1, 0.15) is 11.6 Å². The molecule has 148 valence electrons. The predicted molar refractivity (Wildman–Crippen MR) is 103 cm³/mol. The second-order valence-electron chi connectivity index (χ2n) is 6.47. The first-order valence-electron chi connectivity index (χ1n) is 9.13. The maximum atomic E-state index is 13.9. The molecule has 1 aliphatic heterocycles. The molecule has 1 fully saturated rings. The van der Waals surface area contributed by atoms with Gasteiger partial charge in [-0.2, -0.15) is 0 Å². The molecule has 0 unspecified atom stereocenters. The van der Waals surface area contributed by atoms with Crippen molar-refractivity contribution < 1.29 is 23.5 Å². The minimum Gasteiger partial charge on any atom is -0.496 e. The van der Waals surface area contributed by atoms with Gasteiger partial charge in [-0.1, -0.05) is 30.3 Å². The lowest BCUT2D eigenvalue weighted by molar-refractivity contribution is -0.151. The van der Waals surface area contributed by atoms with Crippen LogP contribution < -0.4 is 9.64 Å². The molecule has 0 aromatic heterocycles. The number of hydrogen-bond acceptors (Lipinski definition) is 5. The zero-order valence-electron chi connectivity index (χ0n) is 15.8. The SMILES string of the molecule is COc1ccccc1CC(=O)OCC(=O)N1CCN(c2ccccc2F)CC1. The minimum atomic E-state index is -0.483. The van der Waals surface area contributed by atoms with Gasteiger partial charge < -0.3 is 19.3 Å². The first kappa shape index (κ1) is 19.7. The zero-order valence-corrected chi connectivity index (χ0v) is 15.8. The van der Waals surface area contributed by atoms with Crippen molar-refractivity contribution in [2.75, 3.05) is 44.8 Å². The van der Waals surface area contributed by atoms with Gasteiger partial charge in [0.05, 0.1) is 19.2 Å². The lowest BCUT2D eigenvalue weighted by Crippen LogP contribution is -2.50. The van der Waals surface area contributed by atoms with E-state index in [1.54, 1.807) is 35.2 Å². The molecule has 2 aromatic rings. The lowest BCUT2D eigenvalue weighted by atomic mass is 10.1. The molecule has 0 spiro atoms. The molecule has 1 saturated heterocycles. The number of ether oxygens (including phenoxy) is 2. The second kappa shape index (κ2) is 9.21. The largest absolute Gasteiger partial charge is 0.496 e. The van der Waals surface area contributed by atoms with E-state index in [1.165, 1.54) is 13.2 Å². The van der Waals surface area contributed by atoms with Gasteiger partial charge in [0, 0.05) is 31.7 Å². The lowest BCUT2D eigenvalue weighted by Gasteiger charge is -2.36. The maximum Gasteiger partial charge on any atom is 0.310 e. The summed E-state index contributed by atoms with van der Waals surface area (Å²) in [6, 6.07) is 13.8. The van der Waals surface area contributed by atoms with Crippen molar-refractivity contribution in [3.05, 3.63) is 59.9 Å². The number of esters is 1. The quantitative estimate of drug-likeness (QED) is 0.713. The van der Waals surface area contributed by atoms with Crippen LogP contribution in [-0.2, 0) is 20.7 Å². The molecule has 0 atom stereocenters. The van der Waals surface area contributed by atoms with E-state index in [2.05, 4.69) is 0 Å². The van der Waals surface area contributed by atoms with Crippen molar-refractivity contribution in [1.82, 2.24) is 4.90 Å². The smallest absolute Gasteiger partial charge is 0.310 e. The highest BCUT2D eigenvalue weighted by Gasteiger charge is 2.23. The molecule has 1 heterocycles. The summed E-state index contributed by atoms with van der Waals surface area (Å²) >= 11 is 0. The van der Waals surface area contributed by atoms with Crippen LogP contribution >= 0.6 is 0 Å². The van der Waals surface area contributed by atoms with Crippen LogP contribution in [0.5, 0.6) is 5.75 Å². The number of amides is 1. The van der Waals surface area contributed by atoms with Crippen LogP contribution in [0, 0.1) is 5.82 Å². The van der Waals surface area contributed by atoms with Crippen LogP contribution in [0.25, 0.3) is 0 Å². The van der Waals surface area contributed by atoms with Gasteiger partial charge in [-0.3, -0.25) is 9.59 Å². The molecule has 0 saturated carbocycles. The summed E-state index contributed by atoms with van der Waals surface area (Å²) in [6.45, 7) is 1.67. The minimum absolute atomic E-state index is 0.0400. The molecular weight excluding hydrogens is 363 g/mol. The van der Waals surface area contributed by atoms with E-state index in [9.17, 15) is 14.0 Å². The first-order valence-corrected chi connectivity index (χ1v) is 9.13. The first-order chi connectivity index (χ1) is 13.6. The van der Waals surface area contributed by atoms with Gasteiger partial charge in [0.2, 0.25) is 0 Å². The number of carbonyl (C=O) groups is 2. The van der Waals surface area contributed by atoms with Crippen molar-refractivity contribution in [1.29, 1.82) is 0 Å². The van der Waals surface area contributed by atoms with Gasteiger partial charge in [0.25, 0.3) is 5.91 Å². The molecule has 0 radical (unpaired) electrons. The van der Waals surface area contributed by atoms with E-state index in [4.69, 9.17) is 9.47 Å². The molecule has 0 bridgehead atoms. The van der Waals surface area contributed by atoms with Crippen LogP contribution in [0.2, 0.25) is 0 Å². The molecule has 6 nitrogen and oxygen atoms in total. The van der Waals surface area contributed by atoms with E-state index >= 15 is 0 Å². The Balaban J connectivity index is 1.46. The standard InChI is InChI=1S/C21H23FN2O4/c1-27-19-9-5-2-6-16(19)14-21(26)28-15-20(25)24-12-10-23(11-13-24)18-8-4-3-7-17(18)22/h2-9H,10-15H2,1H3. The van der Waals surface area contributed by atoms with Crippen LogP contribution in [0.15, 0.2) is 48.5 Å². The van der Waals surface area contributed by atoms with Crippen LogP contribution in [0.3, 0.4) is 0 Å². The van der Waals surface area contributed by atoms with Gasteiger partial charge in [-0.05, 0) is 18.2 Å². The summed E-state index contributed by atoms with van der Waals surface area (Å²) in [5.41, 5.74) is 1.25. The number of rotatable bonds is 6. The highest BCUT2D eigenvalue weighted by molar-refractivity contribution is 5.81. The van der Waals surface area contributed by atoms with E-state index in [0.29, 0.717) is 43.2 Å². The molecule has 1 amide bonds. The summed E-state index contributed by atoms with van der Waals surface area (Å²) in [4.78, 5) is 27.9. The maximum absolute atomic E-state index is 13.9. The Hall–Kier alpha value is -3.09. The predicted octanol–water partition coefficient (Wildman–Crippen LogP) is 2.27. The van der Waals surface area contributed by atoms with E-state index in [-0.39, 0.29) is 24.8 Å². The normalized spacial score (nSPS) is 13.9. The fraction of sp³-hybridized carbons (Fsp3) is 0.333. The van der Waals surface area contributed by atoms with E-state index < -0.39 is 5.97 Å². The number of anilines is 1. The molecule has 0 N–H and O–H groups in total. The monoisotopic (exact) mass is 386 g/mol. The number of piperazine rings is 1. The molecule has 7 heteroatoms. The van der Waals surface area contributed by atoms with E-state index in [0.717, 1.165) is 0 Å². The average molecular weight is 386 g/mol. The fourth-order valence-corrected chi connectivity index (χ4v) is 3.19. The highest BCUT2D eigenvalue weighted by atomic mass is 19.1. The summed E-state index contributed by atoms with van der Waals surface area (Å²) < 4.78 is 24.2. The van der Waals surface area contributed by atoms with Crippen LogP contribution in [0.4, 0.5) is 10.1 Å². The Kier molecular flexibility index (Phi) is 6.47. The molecular formula is C21H23FN2O4. The molecule has 1 aliphatic rings. The molecule has 28 heavy (non-hydrogen) atoms. The summed E-state index contributed by atoms with van der Waals surface area (Å²) in [5.74, 6) is -0.396. The third-order valence-corrected chi connectivity index (χ3v) is 4.71. The number of hydrogen-bond donors (Lipinski definition) is 0. The van der Waals surface area contributed by atoms with Gasteiger partial charge in [-0.15, -0.1) is 0 Å². The number of methoxy groups -OCH3 is 1. The number of benzene rings is 2. The van der Waals surface area contributed by atoms with Crippen molar-refractivity contribution in [2.24, 2.45) is 0 Å². The van der Waals surface area contributed by atoms with Gasteiger partial charge >= 0.3 is 5.97 Å². The summed E-state index contributed by atoms with van der Waals surface area (Å²) in [5, 5.41) is 0. The van der Waals surface area contributed by atoms with E-state index in [1.807, 2.05) is 17.0 Å². The van der Waals surface area contributed by atoms with Crippen molar-refractivity contribution in [3.63, 3.8) is 0 Å². The topological polar surface area (TPSA) is 59.1 Å². The Morgan fingerprint density at radius 3 is 2.39 bits per heavy atom. The number of nitrogens with zero attached hydrogens (tertiary/aromatic N) is 2. The summed E-state index contributed by atoms with van der Waals surface area (Å²) in [7, 11) is 1.54. The Morgan fingerprint density at radius 2 is 1.68 bits per heavy atom. The van der Waals surface area contributed by atoms with Crippen LogP contribution in [-0.4, -0.2) is 56.7 Å². The highest BCUT2D eigenvalue weighted by Crippen LogP contribution is 2.20. The van der Waals surface area contributed by atoms with Crippen molar-refractivity contribution >= 4 is 17.6 Å². The van der Waals surface area contributed by atoms with Crippen LogP contribution in [0.1, 0.15) is 5.56 Å². The third-order valence-electron chi connectivity index (χ3n) is 4.71. The average Bonchev–Trinajstić information content (AvgIpc) is 2.73. The second-order valence-corrected chi connectivity index (χ2v) is 6.47. The Morgan fingerprint density at radius 1 is 1.00 bits per heavy atom. The number of para-hydroxylation sites is 2. The zero-order chi connectivity index (χ0) is 19.9. The van der Waals surface area contributed by atoms with Crippen molar-refractivity contribution in [3.8, 4) is 5.75 Å². The molecule has 2 aromatic carbocycles. The van der Waals surface area contributed by atoms with Gasteiger partial charge in [0.15, 0.2) is 6.61 Å². The summed E-state index contributed by atoms with van der Waals surface area (Å²) in [6.07, 6.45) is 0.0400. The van der Waals surface area contributed by atoms with Gasteiger partial charge in [-0.25, -0.2) is 4.39 Å². The third kappa shape index (κ3) is 4.79. The Bertz CT molecular complexity index is 835. The Labute approximate surface area is 163 Å². The number of carbonyl (C=O) groups excluding carboxylic acids is 2. The van der Waals surface area contributed by atoms with Crippen molar-refractivity contribution in [2.45, 2.75) is 6.42 Å².